The molecule has 2 atom stereocenters. The van der Waals surface area contributed by atoms with Gasteiger partial charge in [-0.15, -0.1) is 0 Å². The fraction of sp³-hybridized carbons (Fsp3) is 0.609. The van der Waals surface area contributed by atoms with Crippen LogP contribution in [-0.2, 0) is 20.6 Å². The van der Waals surface area contributed by atoms with E-state index < -0.39 is 17.6 Å². The molecule has 0 aromatic heterocycles. The topological polar surface area (TPSA) is 69.7 Å². The Bertz CT molecular complexity index is 872. The van der Waals surface area contributed by atoms with Crippen LogP contribution in [0.25, 0.3) is 0 Å². The molecule has 0 spiro atoms. The molecule has 174 valence electrons. The van der Waals surface area contributed by atoms with Crippen molar-refractivity contribution in [3.05, 3.63) is 23.8 Å². The summed E-state index contributed by atoms with van der Waals surface area (Å²) >= 11 is 0. The fourth-order valence-electron chi connectivity index (χ4n) is 5.10. The number of anilines is 2. The molecular formula is C23H28F3N3O3. The van der Waals surface area contributed by atoms with Crippen molar-refractivity contribution < 1.29 is 27.6 Å². The van der Waals surface area contributed by atoms with Crippen LogP contribution in [0.3, 0.4) is 0 Å². The lowest BCUT2D eigenvalue weighted by Gasteiger charge is -2.31. The molecule has 1 aromatic rings. The van der Waals surface area contributed by atoms with Crippen LogP contribution in [0, 0.1) is 11.8 Å². The molecule has 3 aliphatic rings. The van der Waals surface area contributed by atoms with Crippen LogP contribution < -0.4 is 10.2 Å². The Hall–Kier alpha value is -2.58. The molecule has 1 aromatic carbocycles. The number of amides is 3. The monoisotopic (exact) mass is 451 g/mol. The summed E-state index contributed by atoms with van der Waals surface area (Å²) in [6.07, 6.45) is 1.51. The van der Waals surface area contributed by atoms with Crippen LogP contribution in [0.4, 0.5) is 24.5 Å². The summed E-state index contributed by atoms with van der Waals surface area (Å²) in [6.45, 7) is 1.39. The molecule has 2 aliphatic heterocycles. The number of carbonyl (C=O) groups excluding carboxylic acids is 3. The summed E-state index contributed by atoms with van der Waals surface area (Å²) in [5, 5.41) is 2.61. The van der Waals surface area contributed by atoms with Crippen LogP contribution in [0.15, 0.2) is 18.2 Å². The van der Waals surface area contributed by atoms with Gasteiger partial charge in [0.25, 0.3) is 0 Å². The molecule has 6 nitrogen and oxygen atoms in total. The fourth-order valence-corrected chi connectivity index (χ4v) is 5.10. The zero-order valence-corrected chi connectivity index (χ0v) is 17.9. The second-order valence-electron chi connectivity index (χ2n) is 8.90. The van der Waals surface area contributed by atoms with Crippen molar-refractivity contribution in [3.63, 3.8) is 0 Å². The van der Waals surface area contributed by atoms with E-state index in [1.807, 2.05) is 4.90 Å². The number of hydrogen-bond acceptors (Lipinski definition) is 4. The highest BCUT2D eigenvalue weighted by Gasteiger charge is 2.47. The van der Waals surface area contributed by atoms with Gasteiger partial charge in [-0.1, -0.05) is 12.8 Å². The van der Waals surface area contributed by atoms with Gasteiger partial charge >= 0.3 is 6.18 Å². The van der Waals surface area contributed by atoms with E-state index in [2.05, 4.69) is 5.32 Å². The maximum atomic E-state index is 13.3. The van der Waals surface area contributed by atoms with Gasteiger partial charge in [-0.3, -0.25) is 19.3 Å². The third-order valence-corrected chi connectivity index (χ3v) is 6.79. The number of nitrogens with one attached hydrogen (secondary N) is 1. The first kappa shape index (κ1) is 22.6. The Labute approximate surface area is 185 Å². The number of nitrogens with zero attached hydrogens (tertiary/aromatic N) is 2. The van der Waals surface area contributed by atoms with Gasteiger partial charge in [0.05, 0.1) is 28.8 Å². The van der Waals surface area contributed by atoms with E-state index in [-0.39, 0.29) is 42.3 Å². The van der Waals surface area contributed by atoms with Gasteiger partial charge in [0, 0.05) is 26.1 Å². The van der Waals surface area contributed by atoms with E-state index in [0.29, 0.717) is 31.6 Å². The lowest BCUT2D eigenvalue weighted by Crippen LogP contribution is -2.34. The molecule has 2 saturated heterocycles. The van der Waals surface area contributed by atoms with E-state index in [9.17, 15) is 27.6 Å². The van der Waals surface area contributed by atoms with Crippen molar-refractivity contribution in [1.82, 2.24) is 4.90 Å². The minimum Gasteiger partial charge on any atom is -0.370 e. The van der Waals surface area contributed by atoms with Crippen LogP contribution in [0.5, 0.6) is 0 Å². The SMILES string of the molecule is O=C(CCN1C(=O)C2CCCCC2C1=O)Nc1cc(C(F)(F)F)ccc1N1CCCCC1. The van der Waals surface area contributed by atoms with Crippen LogP contribution in [0.2, 0.25) is 0 Å². The number of rotatable bonds is 5. The van der Waals surface area contributed by atoms with Crippen molar-refractivity contribution in [2.45, 2.75) is 57.5 Å². The summed E-state index contributed by atoms with van der Waals surface area (Å²) in [5.41, 5.74) is -0.160. The Morgan fingerprint density at radius 1 is 0.969 bits per heavy atom. The second-order valence-corrected chi connectivity index (χ2v) is 8.90. The molecule has 4 rings (SSSR count). The average Bonchev–Trinajstić information content (AvgIpc) is 3.02. The molecule has 1 aliphatic carbocycles. The number of likely N-dealkylation sites (tertiary alicyclic amines) is 1. The van der Waals surface area contributed by atoms with Crippen molar-refractivity contribution in [1.29, 1.82) is 0 Å². The Kier molecular flexibility index (Phi) is 6.44. The standard InChI is InChI=1S/C23H28F3N3O3/c24-23(25,26)15-8-9-19(28-11-4-1-5-12-28)18(14-15)27-20(30)10-13-29-21(31)16-6-2-3-7-17(16)22(29)32/h8-9,14,16-17H,1-7,10-13H2,(H,27,30). The maximum absolute atomic E-state index is 13.3. The third kappa shape index (κ3) is 4.61. The minimum atomic E-state index is -4.52. The normalized spacial score (nSPS) is 24.0. The summed E-state index contributed by atoms with van der Waals surface area (Å²) in [4.78, 5) is 40.9. The van der Waals surface area contributed by atoms with Gasteiger partial charge in [0.15, 0.2) is 0 Å². The van der Waals surface area contributed by atoms with E-state index in [0.717, 1.165) is 49.1 Å². The second kappa shape index (κ2) is 9.11. The number of carbonyl (C=O) groups is 3. The molecule has 3 fully saturated rings. The van der Waals surface area contributed by atoms with E-state index in [1.165, 1.54) is 6.07 Å². The van der Waals surface area contributed by atoms with Crippen LogP contribution in [-0.4, -0.2) is 42.3 Å². The maximum Gasteiger partial charge on any atom is 0.416 e. The molecule has 32 heavy (non-hydrogen) atoms. The number of alkyl halides is 3. The molecule has 1 N–H and O–H groups in total. The van der Waals surface area contributed by atoms with Crippen molar-refractivity contribution in [3.8, 4) is 0 Å². The van der Waals surface area contributed by atoms with E-state index in [1.54, 1.807) is 0 Å². The molecule has 9 heteroatoms. The van der Waals surface area contributed by atoms with Crippen LogP contribution in [0.1, 0.15) is 56.9 Å². The highest BCUT2D eigenvalue weighted by molar-refractivity contribution is 6.05. The minimum absolute atomic E-state index is 0.0471. The summed E-state index contributed by atoms with van der Waals surface area (Å²) < 4.78 is 39.8. The molecular weight excluding hydrogens is 423 g/mol. The number of benzene rings is 1. The summed E-state index contributed by atoms with van der Waals surface area (Å²) in [6, 6.07) is 3.40. The predicted molar refractivity (Wildman–Crippen MR) is 113 cm³/mol. The van der Waals surface area contributed by atoms with Crippen molar-refractivity contribution >= 4 is 29.1 Å². The molecule has 3 amide bonds. The number of hydrogen-bond donors (Lipinski definition) is 1. The van der Waals surface area contributed by atoms with E-state index >= 15 is 0 Å². The third-order valence-electron chi connectivity index (χ3n) is 6.79. The average molecular weight is 451 g/mol. The first-order valence-electron chi connectivity index (χ1n) is 11.4. The highest BCUT2D eigenvalue weighted by atomic mass is 19.4. The van der Waals surface area contributed by atoms with Gasteiger partial charge in [0.2, 0.25) is 17.7 Å². The number of imide groups is 1. The zero-order valence-electron chi connectivity index (χ0n) is 17.9. The molecule has 2 heterocycles. The van der Waals surface area contributed by atoms with Crippen LogP contribution >= 0.6 is 0 Å². The molecule has 2 unspecified atom stereocenters. The Morgan fingerprint density at radius 3 is 2.19 bits per heavy atom. The van der Waals surface area contributed by atoms with E-state index in [4.69, 9.17) is 0 Å². The zero-order chi connectivity index (χ0) is 22.9. The largest absolute Gasteiger partial charge is 0.416 e. The predicted octanol–water partition coefficient (Wildman–Crippen LogP) is 4.20. The van der Waals surface area contributed by atoms with Gasteiger partial charge in [-0.2, -0.15) is 13.2 Å². The Balaban J connectivity index is 1.46. The lowest BCUT2D eigenvalue weighted by atomic mass is 9.81. The highest BCUT2D eigenvalue weighted by Crippen LogP contribution is 2.39. The Morgan fingerprint density at radius 2 is 1.59 bits per heavy atom. The smallest absolute Gasteiger partial charge is 0.370 e. The van der Waals surface area contributed by atoms with Crippen molar-refractivity contribution in [2.24, 2.45) is 11.8 Å². The van der Waals surface area contributed by atoms with Crippen molar-refractivity contribution in [2.75, 3.05) is 29.9 Å². The van der Waals surface area contributed by atoms with Gasteiger partial charge in [0.1, 0.15) is 0 Å². The summed E-state index contributed by atoms with van der Waals surface area (Å²) in [5.74, 6) is -1.53. The molecule has 0 radical (unpaired) electrons. The van der Waals surface area contributed by atoms with Gasteiger partial charge in [-0.25, -0.2) is 0 Å². The summed E-state index contributed by atoms with van der Waals surface area (Å²) in [7, 11) is 0. The molecule has 0 bridgehead atoms. The van der Waals surface area contributed by atoms with Gasteiger partial charge in [-0.05, 0) is 50.3 Å². The quantitative estimate of drug-likeness (QED) is 0.682. The first-order valence-corrected chi connectivity index (χ1v) is 11.4. The first-order chi connectivity index (χ1) is 15.3. The molecule has 1 saturated carbocycles. The lowest BCUT2D eigenvalue weighted by molar-refractivity contribution is -0.140. The number of piperidine rings is 1. The van der Waals surface area contributed by atoms with Gasteiger partial charge < -0.3 is 10.2 Å². The number of fused-ring (bicyclic) bond motifs is 1. The number of halogens is 3.